The molecule has 8 heteroatoms. The summed E-state index contributed by atoms with van der Waals surface area (Å²) in [5.41, 5.74) is 4.13. The van der Waals surface area contributed by atoms with Crippen molar-refractivity contribution in [3.05, 3.63) is 82.4 Å². The number of nitrogens with zero attached hydrogens (tertiary/aromatic N) is 2. The molecule has 150 valence electrons. The number of nitrogens with one attached hydrogen (secondary N) is 1. The third-order valence-corrected chi connectivity index (χ3v) is 4.24. The van der Waals surface area contributed by atoms with E-state index in [1.807, 2.05) is 6.92 Å². The summed E-state index contributed by atoms with van der Waals surface area (Å²) < 4.78 is 24.3. The van der Waals surface area contributed by atoms with Crippen molar-refractivity contribution in [1.29, 1.82) is 5.26 Å². The summed E-state index contributed by atoms with van der Waals surface area (Å²) in [4.78, 5) is 23.6. The molecule has 0 bridgehead atoms. The van der Waals surface area contributed by atoms with E-state index in [9.17, 15) is 14.0 Å². The quantitative estimate of drug-likeness (QED) is 0.395. The molecule has 1 N–H and O–H groups in total. The SMILES string of the molecule is COC(=O)c1ccc(-c2ccc(/C=N\NC(=O)c3ccc(C#N)cc3F)o2)c(C)c1. The molecule has 0 saturated carbocycles. The lowest BCUT2D eigenvalue weighted by atomic mass is 10.0. The molecule has 0 atom stereocenters. The summed E-state index contributed by atoms with van der Waals surface area (Å²) >= 11 is 0. The van der Waals surface area contributed by atoms with Gasteiger partial charge in [-0.2, -0.15) is 10.4 Å². The lowest BCUT2D eigenvalue weighted by molar-refractivity contribution is 0.0600. The van der Waals surface area contributed by atoms with Crippen LogP contribution in [-0.4, -0.2) is 25.2 Å². The summed E-state index contributed by atoms with van der Waals surface area (Å²) in [7, 11) is 1.32. The number of halogens is 1. The Labute approximate surface area is 171 Å². The predicted molar refractivity (Wildman–Crippen MR) is 106 cm³/mol. The van der Waals surface area contributed by atoms with Gasteiger partial charge in [0.2, 0.25) is 0 Å². The average Bonchev–Trinajstić information content (AvgIpc) is 3.21. The molecule has 0 spiro atoms. The van der Waals surface area contributed by atoms with Gasteiger partial charge in [0, 0.05) is 5.56 Å². The Morgan fingerprint density at radius 1 is 1.20 bits per heavy atom. The smallest absolute Gasteiger partial charge is 0.337 e. The van der Waals surface area contributed by atoms with E-state index in [4.69, 9.17) is 14.4 Å². The Morgan fingerprint density at radius 2 is 2.00 bits per heavy atom. The van der Waals surface area contributed by atoms with E-state index in [1.54, 1.807) is 36.4 Å². The first-order valence-corrected chi connectivity index (χ1v) is 8.75. The second kappa shape index (κ2) is 8.84. The largest absolute Gasteiger partial charge is 0.465 e. The number of hydrogen-bond donors (Lipinski definition) is 1. The van der Waals surface area contributed by atoms with Crippen LogP contribution in [0.3, 0.4) is 0 Å². The van der Waals surface area contributed by atoms with Crippen LogP contribution in [0, 0.1) is 24.1 Å². The van der Waals surface area contributed by atoms with Crippen molar-refractivity contribution in [3.8, 4) is 17.4 Å². The van der Waals surface area contributed by atoms with Gasteiger partial charge in [0.05, 0.1) is 36.1 Å². The topological polar surface area (TPSA) is 105 Å². The van der Waals surface area contributed by atoms with Crippen LogP contribution in [0.1, 0.15) is 37.6 Å². The number of rotatable bonds is 5. The molecule has 1 heterocycles. The van der Waals surface area contributed by atoms with Gasteiger partial charge >= 0.3 is 5.97 Å². The maximum atomic E-state index is 13.9. The molecule has 2 aromatic carbocycles. The van der Waals surface area contributed by atoms with E-state index in [1.165, 1.54) is 25.5 Å². The van der Waals surface area contributed by atoms with Gasteiger partial charge in [-0.3, -0.25) is 4.79 Å². The van der Waals surface area contributed by atoms with Crippen LogP contribution in [0.5, 0.6) is 0 Å². The molecule has 0 radical (unpaired) electrons. The van der Waals surface area contributed by atoms with Crippen LogP contribution in [0.2, 0.25) is 0 Å². The minimum atomic E-state index is -0.812. The number of nitriles is 1. The monoisotopic (exact) mass is 405 g/mol. The zero-order valence-corrected chi connectivity index (χ0v) is 16.1. The van der Waals surface area contributed by atoms with Gasteiger partial charge in [0.1, 0.15) is 17.3 Å². The Kier molecular flexibility index (Phi) is 6.03. The van der Waals surface area contributed by atoms with Crippen LogP contribution in [0.4, 0.5) is 4.39 Å². The second-order valence-electron chi connectivity index (χ2n) is 6.23. The molecule has 1 aromatic heterocycles. The molecule has 0 aliphatic heterocycles. The molecule has 0 aliphatic rings. The number of hydrazone groups is 1. The molecule has 0 unspecified atom stereocenters. The Bertz CT molecular complexity index is 1190. The summed E-state index contributed by atoms with van der Waals surface area (Å²) in [6.45, 7) is 1.84. The summed E-state index contributed by atoms with van der Waals surface area (Å²) in [6.07, 6.45) is 1.28. The molecule has 0 fully saturated rings. The molecule has 3 aromatic rings. The number of hydrogen-bond acceptors (Lipinski definition) is 6. The fraction of sp³-hybridized carbons (Fsp3) is 0.0909. The molecule has 0 aliphatic carbocycles. The fourth-order valence-corrected chi connectivity index (χ4v) is 2.74. The zero-order chi connectivity index (χ0) is 21.7. The summed E-state index contributed by atoms with van der Waals surface area (Å²) in [6, 6.07) is 13.8. The van der Waals surface area contributed by atoms with Crippen molar-refractivity contribution in [2.45, 2.75) is 6.92 Å². The molecule has 1 amide bonds. The third kappa shape index (κ3) is 4.42. The fourth-order valence-electron chi connectivity index (χ4n) is 2.74. The number of carbonyl (C=O) groups is 2. The van der Waals surface area contributed by atoms with Crippen LogP contribution >= 0.6 is 0 Å². The Balaban J connectivity index is 1.70. The van der Waals surface area contributed by atoms with E-state index in [0.717, 1.165) is 17.2 Å². The van der Waals surface area contributed by atoms with Crippen LogP contribution < -0.4 is 5.43 Å². The number of ether oxygens (including phenoxy) is 1. The van der Waals surface area contributed by atoms with E-state index in [0.29, 0.717) is 17.1 Å². The minimum absolute atomic E-state index is 0.116. The van der Waals surface area contributed by atoms with Gasteiger partial charge in [-0.1, -0.05) is 6.07 Å². The van der Waals surface area contributed by atoms with E-state index in [-0.39, 0.29) is 11.1 Å². The highest BCUT2D eigenvalue weighted by Crippen LogP contribution is 2.26. The number of furan rings is 1. The van der Waals surface area contributed by atoms with Crippen molar-refractivity contribution in [1.82, 2.24) is 5.43 Å². The Hall–Kier alpha value is -4.25. The maximum absolute atomic E-state index is 13.9. The zero-order valence-electron chi connectivity index (χ0n) is 16.1. The average molecular weight is 405 g/mol. The van der Waals surface area contributed by atoms with Crippen LogP contribution in [0.15, 0.2) is 58.0 Å². The lowest BCUT2D eigenvalue weighted by Gasteiger charge is -2.05. The second-order valence-corrected chi connectivity index (χ2v) is 6.23. The number of esters is 1. The number of benzene rings is 2. The van der Waals surface area contributed by atoms with E-state index in [2.05, 4.69) is 10.5 Å². The maximum Gasteiger partial charge on any atom is 0.337 e. The van der Waals surface area contributed by atoms with Crippen molar-refractivity contribution in [3.63, 3.8) is 0 Å². The molecular formula is C22H16FN3O4. The first-order chi connectivity index (χ1) is 14.4. The Morgan fingerprint density at radius 3 is 2.67 bits per heavy atom. The summed E-state index contributed by atoms with van der Waals surface area (Å²) in [5, 5.41) is 12.5. The van der Waals surface area contributed by atoms with Crippen molar-refractivity contribution in [2.24, 2.45) is 5.10 Å². The highest BCUT2D eigenvalue weighted by molar-refractivity contribution is 5.95. The van der Waals surface area contributed by atoms with Crippen molar-refractivity contribution in [2.75, 3.05) is 7.11 Å². The highest BCUT2D eigenvalue weighted by Gasteiger charge is 2.13. The first-order valence-electron chi connectivity index (χ1n) is 8.75. The third-order valence-electron chi connectivity index (χ3n) is 4.24. The van der Waals surface area contributed by atoms with Gasteiger partial charge in [0.25, 0.3) is 5.91 Å². The van der Waals surface area contributed by atoms with Gasteiger partial charge in [-0.25, -0.2) is 14.6 Å². The molecule has 30 heavy (non-hydrogen) atoms. The van der Waals surface area contributed by atoms with E-state index >= 15 is 0 Å². The van der Waals surface area contributed by atoms with Gasteiger partial charge < -0.3 is 9.15 Å². The van der Waals surface area contributed by atoms with E-state index < -0.39 is 17.7 Å². The lowest BCUT2D eigenvalue weighted by Crippen LogP contribution is -2.19. The first kappa shape index (κ1) is 20.5. The van der Waals surface area contributed by atoms with Crippen molar-refractivity contribution >= 4 is 18.1 Å². The minimum Gasteiger partial charge on any atom is -0.465 e. The van der Waals surface area contributed by atoms with Crippen molar-refractivity contribution < 1.29 is 23.1 Å². The standard InChI is InChI=1S/C22H16FN3O4/c1-13-9-15(22(28)29-2)4-7-17(13)20-8-5-16(30-20)12-25-26-21(27)18-6-3-14(11-24)10-19(18)23/h3-10,12H,1-2H3,(H,26,27)/b25-12-. The van der Waals surface area contributed by atoms with Gasteiger partial charge in [-0.05, 0) is 55.0 Å². The predicted octanol–water partition coefficient (Wildman–Crippen LogP) is 3.82. The van der Waals surface area contributed by atoms with Gasteiger partial charge in [-0.15, -0.1) is 0 Å². The summed E-state index contributed by atoms with van der Waals surface area (Å²) in [5.74, 6) is -1.08. The number of methoxy groups -OCH3 is 1. The molecule has 0 saturated heterocycles. The number of aryl methyl sites for hydroxylation is 1. The molecular weight excluding hydrogens is 389 g/mol. The highest BCUT2D eigenvalue weighted by atomic mass is 19.1. The van der Waals surface area contributed by atoms with Crippen LogP contribution in [-0.2, 0) is 4.74 Å². The van der Waals surface area contributed by atoms with Gasteiger partial charge in [0.15, 0.2) is 0 Å². The molecule has 7 nitrogen and oxygen atoms in total. The molecule has 3 rings (SSSR count). The number of carbonyl (C=O) groups excluding carboxylic acids is 2. The number of amides is 1. The van der Waals surface area contributed by atoms with Crippen LogP contribution in [0.25, 0.3) is 11.3 Å². The normalized spacial score (nSPS) is 10.6.